The summed E-state index contributed by atoms with van der Waals surface area (Å²) in [6.07, 6.45) is 4.80. The summed E-state index contributed by atoms with van der Waals surface area (Å²) in [6, 6.07) is 1.52. The predicted octanol–water partition coefficient (Wildman–Crippen LogP) is 1.81. The first-order valence-electron chi connectivity index (χ1n) is 5.75. The van der Waals surface area contributed by atoms with Crippen molar-refractivity contribution in [1.82, 2.24) is 10.2 Å². The third-order valence-corrected chi connectivity index (χ3v) is 3.82. The molecule has 0 amide bonds. The van der Waals surface area contributed by atoms with Gasteiger partial charge in [-0.1, -0.05) is 6.92 Å². The van der Waals surface area contributed by atoms with Crippen LogP contribution >= 0.6 is 11.8 Å². The lowest BCUT2D eigenvalue weighted by Gasteiger charge is -2.40. The van der Waals surface area contributed by atoms with Crippen LogP contribution in [0.2, 0.25) is 0 Å². The summed E-state index contributed by atoms with van der Waals surface area (Å²) >= 11 is 1.96. The van der Waals surface area contributed by atoms with E-state index in [0.29, 0.717) is 0 Å². The Hall–Kier alpha value is 0.270. The van der Waals surface area contributed by atoms with Gasteiger partial charge in [0.15, 0.2) is 0 Å². The first kappa shape index (κ1) is 12.3. The van der Waals surface area contributed by atoms with Crippen LogP contribution in [0.4, 0.5) is 0 Å². The van der Waals surface area contributed by atoms with Gasteiger partial charge in [0.05, 0.1) is 0 Å². The van der Waals surface area contributed by atoms with Gasteiger partial charge >= 0.3 is 0 Å². The van der Waals surface area contributed by atoms with Crippen LogP contribution in [-0.4, -0.2) is 48.6 Å². The highest BCUT2D eigenvalue weighted by Gasteiger charge is 2.24. The molecule has 2 nitrogen and oxygen atoms in total. The number of nitrogens with zero attached hydrogens (tertiary/aromatic N) is 1. The second-order valence-electron chi connectivity index (χ2n) is 4.13. The molecular formula is C11H24N2S. The number of nitrogens with one attached hydrogen (secondary N) is 1. The van der Waals surface area contributed by atoms with Crippen molar-refractivity contribution in [3.63, 3.8) is 0 Å². The van der Waals surface area contributed by atoms with E-state index in [2.05, 4.69) is 30.3 Å². The average Bonchev–Trinajstić information content (AvgIpc) is 2.25. The predicted molar refractivity (Wildman–Crippen MR) is 66.1 cm³/mol. The quantitative estimate of drug-likeness (QED) is 0.754. The van der Waals surface area contributed by atoms with Gasteiger partial charge in [-0.2, -0.15) is 11.8 Å². The fourth-order valence-corrected chi connectivity index (χ4v) is 2.77. The van der Waals surface area contributed by atoms with Crippen LogP contribution in [-0.2, 0) is 0 Å². The third kappa shape index (κ3) is 3.44. The molecule has 1 rings (SSSR count). The molecule has 1 saturated heterocycles. The maximum atomic E-state index is 3.48. The average molecular weight is 216 g/mol. The minimum atomic E-state index is 0.759. The van der Waals surface area contributed by atoms with Gasteiger partial charge in [-0.3, -0.25) is 4.90 Å². The van der Waals surface area contributed by atoms with Crippen LogP contribution in [0.15, 0.2) is 0 Å². The minimum Gasteiger partial charge on any atom is -0.314 e. The van der Waals surface area contributed by atoms with Gasteiger partial charge in [0.1, 0.15) is 0 Å². The maximum Gasteiger partial charge on any atom is 0.0221 e. The number of thioether (sulfide) groups is 1. The molecule has 0 aliphatic carbocycles. The van der Waals surface area contributed by atoms with Gasteiger partial charge in [-0.25, -0.2) is 0 Å². The summed E-state index contributed by atoms with van der Waals surface area (Å²) in [5.41, 5.74) is 0. The van der Waals surface area contributed by atoms with E-state index in [0.717, 1.165) is 12.1 Å². The number of piperazine rings is 1. The van der Waals surface area contributed by atoms with E-state index in [4.69, 9.17) is 0 Å². The van der Waals surface area contributed by atoms with Crippen molar-refractivity contribution < 1.29 is 0 Å². The van der Waals surface area contributed by atoms with Crippen molar-refractivity contribution in [2.24, 2.45) is 0 Å². The largest absolute Gasteiger partial charge is 0.314 e. The van der Waals surface area contributed by atoms with Crippen molar-refractivity contribution in [1.29, 1.82) is 0 Å². The van der Waals surface area contributed by atoms with E-state index in [9.17, 15) is 0 Å². The van der Waals surface area contributed by atoms with Crippen molar-refractivity contribution >= 4 is 11.8 Å². The van der Waals surface area contributed by atoms with Gasteiger partial charge in [-0.15, -0.1) is 0 Å². The SMILES string of the molecule is CCC1CNCCN1C(C)CCSC. The summed E-state index contributed by atoms with van der Waals surface area (Å²) in [6.45, 7) is 8.25. The van der Waals surface area contributed by atoms with E-state index in [-0.39, 0.29) is 0 Å². The smallest absolute Gasteiger partial charge is 0.0221 e. The molecule has 0 aromatic heterocycles. The van der Waals surface area contributed by atoms with Crippen LogP contribution in [0.3, 0.4) is 0 Å². The monoisotopic (exact) mass is 216 g/mol. The van der Waals surface area contributed by atoms with Crippen molar-refractivity contribution in [3.8, 4) is 0 Å². The number of hydrogen-bond acceptors (Lipinski definition) is 3. The van der Waals surface area contributed by atoms with Crippen molar-refractivity contribution in [2.75, 3.05) is 31.6 Å². The third-order valence-electron chi connectivity index (χ3n) is 3.17. The normalized spacial score (nSPS) is 26.4. The highest BCUT2D eigenvalue weighted by atomic mass is 32.2. The van der Waals surface area contributed by atoms with Crippen LogP contribution in [0.5, 0.6) is 0 Å². The van der Waals surface area contributed by atoms with Gasteiger partial charge in [-0.05, 0) is 31.8 Å². The molecule has 0 spiro atoms. The molecule has 1 aliphatic heterocycles. The zero-order chi connectivity index (χ0) is 10.4. The Kier molecular flexibility index (Phi) is 5.90. The number of rotatable bonds is 5. The molecule has 14 heavy (non-hydrogen) atoms. The molecule has 1 fully saturated rings. The fraction of sp³-hybridized carbons (Fsp3) is 1.00. The Balaban J connectivity index is 2.37. The van der Waals surface area contributed by atoms with Gasteiger partial charge < -0.3 is 5.32 Å². The van der Waals surface area contributed by atoms with E-state index >= 15 is 0 Å². The van der Waals surface area contributed by atoms with Gasteiger partial charge in [0.25, 0.3) is 0 Å². The first-order chi connectivity index (χ1) is 6.79. The molecule has 0 aromatic carbocycles. The lowest BCUT2D eigenvalue weighted by molar-refractivity contribution is 0.110. The molecule has 0 bridgehead atoms. The summed E-state index contributed by atoms with van der Waals surface area (Å²) in [4.78, 5) is 2.69. The van der Waals surface area contributed by atoms with Crippen molar-refractivity contribution in [2.45, 2.75) is 38.8 Å². The Bertz CT molecular complexity index is 152. The highest BCUT2D eigenvalue weighted by molar-refractivity contribution is 7.98. The standard InChI is InChI=1S/C11H24N2S/c1-4-11-9-12-6-7-13(11)10(2)5-8-14-3/h10-12H,4-9H2,1-3H3. The molecule has 84 valence electrons. The molecule has 0 aromatic rings. The lowest BCUT2D eigenvalue weighted by Crippen LogP contribution is -2.54. The summed E-state index contributed by atoms with van der Waals surface area (Å²) in [5.74, 6) is 1.29. The van der Waals surface area contributed by atoms with E-state index in [1.165, 1.54) is 38.2 Å². The molecular weight excluding hydrogens is 192 g/mol. The Morgan fingerprint density at radius 1 is 1.57 bits per heavy atom. The van der Waals surface area contributed by atoms with Gasteiger partial charge in [0, 0.05) is 31.7 Å². The first-order valence-corrected chi connectivity index (χ1v) is 7.14. The molecule has 1 heterocycles. The molecule has 3 heteroatoms. The molecule has 0 saturated carbocycles. The van der Waals surface area contributed by atoms with Crippen molar-refractivity contribution in [3.05, 3.63) is 0 Å². The Morgan fingerprint density at radius 3 is 3.00 bits per heavy atom. The lowest BCUT2D eigenvalue weighted by atomic mass is 10.1. The fourth-order valence-electron chi connectivity index (χ4n) is 2.19. The second-order valence-corrected chi connectivity index (χ2v) is 5.12. The number of hydrogen-bond donors (Lipinski definition) is 1. The molecule has 2 atom stereocenters. The highest BCUT2D eigenvalue weighted by Crippen LogP contribution is 2.15. The molecule has 1 aliphatic rings. The topological polar surface area (TPSA) is 15.3 Å². The molecule has 2 unspecified atom stereocenters. The Morgan fingerprint density at radius 2 is 2.36 bits per heavy atom. The van der Waals surface area contributed by atoms with Crippen LogP contribution in [0.25, 0.3) is 0 Å². The van der Waals surface area contributed by atoms with Crippen LogP contribution < -0.4 is 5.32 Å². The Labute approximate surface area is 92.8 Å². The summed E-state index contributed by atoms with van der Waals surface area (Å²) < 4.78 is 0. The van der Waals surface area contributed by atoms with E-state index in [1.807, 2.05) is 11.8 Å². The zero-order valence-electron chi connectivity index (χ0n) is 9.75. The zero-order valence-corrected chi connectivity index (χ0v) is 10.6. The maximum absolute atomic E-state index is 3.48. The van der Waals surface area contributed by atoms with Crippen LogP contribution in [0.1, 0.15) is 26.7 Å². The van der Waals surface area contributed by atoms with Gasteiger partial charge in [0.2, 0.25) is 0 Å². The van der Waals surface area contributed by atoms with E-state index < -0.39 is 0 Å². The summed E-state index contributed by atoms with van der Waals surface area (Å²) in [7, 11) is 0. The molecule has 0 radical (unpaired) electrons. The van der Waals surface area contributed by atoms with Crippen LogP contribution in [0, 0.1) is 0 Å². The second kappa shape index (κ2) is 6.70. The minimum absolute atomic E-state index is 0.759. The molecule has 1 N–H and O–H groups in total. The summed E-state index contributed by atoms with van der Waals surface area (Å²) in [5, 5.41) is 3.48. The van der Waals surface area contributed by atoms with E-state index in [1.54, 1.807) is 0 Å².